The van der Waals surface area contributed by atoms with Gasteiger partial charge in [0.15, 0.2) is 0 Å². The summed E-state index contributed by atoms with van der Waals surface area (Å²) in [5, 5.41) is 18.9. The third kappa shape index (κ3) is 5.74. The number of carboxylic acids is 1. The molecule has 1 aliphatic heterocycles. The van der Waals surface area contributed by atoms with E-state index in [2.05, 4.69) is 4.90 Å². The molecule has 0 spiro atoms. The second-order valence-electron chi connectivity index (χ2n) is 6.50. The number of β-amino-alcohol motifs (C(OH)–C–C–N with tert-alkyl or cyclic N) is 1. The van der Waals surface area contributed by atoms with Crippen molar-refractivity contribution in [2.75, 3.05) is 33.2 Å². The fourth-order valence-corrected chi connectivity index (χ4v) is 3.70. The minimum absolute atomic E-state index is 0. The molecule has 1 saturated carbocycles. The molecule has 1 aliphatic carbocycles. The number of carbonyl (C=O) groups is 1. The van der Waals surface area contributed by atoms with Crippen LogP contribution in [0.4, 0.5) is 0 Å². The number of halogens is 1. The van der Waals surface area contributed by atoms with Crippen molar-refractivity contribution in [3.8, 4) is 0 Å². The van der Waals surface area contributed by atoms with Gasteiger partial charge >= 0.3 is 5.97 Å². The van der Waals surface area contributed by atoms with Gasteiger partial charge in [0.2, 0.25) is 0 Å². The van der Waals surface area contributed by atoms with Gasteiger partial charge in [-0.25, -0.2) is 0 Å². The predicted octanol–water partition coefficient (Wildman–Crippen LogP) is 1.44. The lowest BCUT2D eigenvalue weighted by molar-refractivity contribution is -0.138. The molecular weight excluding hydrogens is 292 g/mol. The quantitative estimate of drug-likeness (QED) is 0.743. The first-order valence-corrected chi connectivity index (χ1v) is 7.88. The van der Waals surface area contributed by atoms with Crippen molar-refractivity contribution in [1.29, 1.82) is 0 Å². The molecular formula is C15H29ClN2O3. The van der Waals surface area contributed by atoms with Crippen LogP contribution in [-0.4, -0.2) is 71.4 Å². The van der Waals surface area contributed by atoms with E-state index in [0.29, 0.717) is 6.54 Å². The molecule has 2 fully saturated rings. The monoisotopic (exact) mass is 320 g/mol. The Kier molecular flexibility index (Phi) is 7.95. The molecule has 2 aliphatic rings. The van der Waals surface area contributed by atoms with Crippen molar-refractivity contribution < 1.29 is 15.0 Å². The van der Waals surface area contributed by atoms with E-state index >= 15 is 0 Å². The number of aliphatic carboxylic acids is 1. The van der Waals surface area contributed by atoms with Crippen molar-refractivity contribution in [2.45, 2.75) is 50.7 Å². The van der Waals surface area contributed by atoms with E-state index in [-0.39, 0.29) is 25.0 Å². The standard InChI is InChI=1S/C15H28N2O3.ClH/c1-16(11-15(19)20)13-9-17(10-14(13)18)8-4-7-12-5-2-3-6-12;/h12-14,18H,2-11H2,1H3,(H,19,20);1H/t13?,14-;/m1./s1. The van der Waals surface area contributed by atoms with Gasteiger partial charge in [-0.05, 0) is 32.4 Å². The van der Waals surface area contributed by atoms with Gasteiger partial charge in [0.1, 0.15) is 0 Å². The third-order valence-corrected chi connectivity index (χ3v) is 4.85. The van der Waals surface area contributed by atoms with Gasteiger partial charge in [0.25, 0.3) is 0 Å². The maximum atomic E-state index is 10.7. The van der Waals surface area contributed by atoms with Crippen LogP contribution in [0.1, 0.15) is 38.5 Å². The molecule has 2 N–H and O–H groups in total. The summed E-state index contributed by atoms with van der Waals surface area (Å²) in [5.74, 6) is 0.0902. The first-order valence-electron chi connectivity index (χ1n) is 7.88. The first kappa shape index (κ1) is 18.7. The van der Waals surface area contributed by atoms with E-state index in [1.165, 1.54) is 38.5 Å². The molecule has 0 radical (unpaired) electrons. The molecule has 1 saturated heterocycles. The van der Waals surface area contributed by atoms with Crippen LogP contribution in [-0.2, 0) is 4.79 Å². The summed E-state index contributed by atoms with van der Waals surface area (Å²) in [6, 6.07) is -0.0439. The van der Waals surface area contributed by atoms with Gasteiger partial charge in [-0.15, -0.1) is 12.4 Å². The molecule has 2 rings (SSSR count). The first-order chi connectivity index (χ1) is 9.56. The van der Waals surface area contributed by atoms with Gasteiger partial charge in [0, 0.05) is 19.1 Å². The fourth-order valence-electron chi connectivity index (χ4n) is 3.70. The number of likely N-dealkylation sites (tertiary alicyclic amines) is 1. The lowest BCUT2D eigenvalue weighted by atomic mass is 10.0. The van der Waals surface area contributed by atoms with Crippen molar-refractivity contribution in [1.82, 2.24) is 9.80 Å². The number of likely N-dealkylation sites (N-methyl/N-ethyl adjacent to an activating group) is 1. The lowest BCUT2D eigenvalue weighted by Crippen LogP contribution is -2.43. The summed E-state index contributed by atoms with van der Waals surface area (Å²) in [6.07, 6.45) is 7.67. The minimum atomic E-state index is -0.834. The van der Waals surface area contributed by atoms with Crippen molar-refractivity contribution in [2.24, 2.45) is 5.92 Å². The molecule has 0 aromatic heterocycles. The highest BCUT2D eigenvalue weighted by Gasteiger charge is 2.34. The average molecular weight is 321 g/mol. The number of rotatable bonds is 7. The number of hydrogen-bond acceptors (Lipinski definition) is 4. The average Bonchev–Trinajstić information content (AvgIpc) is 2.98. The number of aliphatic hydroxyl groups is 1. The number of hydrogen-bond donors (Lipinski definition) is 2. The van der Waals surface area contributed by atoms with E-state index in [4.69, 9.17) is 5.11 Å². The van der Waals surface area contributed by atoms with E-state index in [9.17, 15) is 9.90 Å². The Labute approximate surface area is 133 Å². The molecule has 2 atom stereocenters. The lowest BCUT2D eigenvalue weighted by Gasteiger charge is -2.24. The van der Waals surface area contributed by atoms with Gasteiger partial charge in [-0.3, -0.25) is 14.6 Å². The Hall–Kier alpha value is -0.360. The van der Waals surface area contributed by atoms with Gasteiger partial charge in [-0.1, -0.05) is 25.7 Å². The summed E-state index contributed by atoms with van der Waals surface area (Å²) in [6.45, 7) is 2.50. The highest BCUT2D eigenvalue weighted by molar-refractivity contribution is 5.85. The zero-order valence-corrected chi connectivity index (χ0v) is 13.7. The maximum absolute atomic E-state index is 10.7. The van der Waals surface area contributed by atoms with E-state index in [1.807, 2.05) is 0 Å². The zero-order valence-electron chi connectivity index (χ0n) is 12.9. The zero-order chi connectivity index (χ0) is 14.5. The van der Waals surface area contributed by atoms with Crippen molar-refractivity contribution in [3.63, 3.8) is 0 Å². The summed E-state index contributed by atoms with van der Waals surface area (Å²) < 4.78 is 0. The van der Waals surface area contributed by atoms with Crippen LogP contribution in [0.3, 0.4) is 0 Å². The number of carboxylic acid groups (broad SMARTS) is 1. The van der Waals surface area contributed by atoms with Crippen LogP contribution in [0.2, 0.25) is 0 Å². The summed E-state index contributed by atoms with van der Waals surface area (Å²) >= 11 is 0. The smallest absolute Gasteiger partial charge is 0.317 e. The highest BCUT2D eigenvalue weighted by atomic mass is 35.5. The molecule has 0 aromatic carbocycles. The molecule has 1 heterocycles. The molecule has 21 heavy (non-hydrogen) atoms. The second kappa shape index (κ2) is 8.93. The molecule has 6 heteroatoms. The van der Waals surface area contributed by atoms with Crippen LogP contribution in [0.5, 0.6) is 0 Å². The molecule has 0 amide bonds. The van der Waals surface area contributed by atoms with Crippen LogP contribution >= 0.6 is 12.4 Å². The van der Waals surface area contributed by atoms with E-state index in [0.717, 1.165) is 19.0 Å². The van der Waals surface area contributed by atoms with Crippen LogP contribution in [0.15, 0.2) is 0 Å². The molecule has 0 bridgehead atoms. The van der Waals surface area contributed by atoms with Gasteiger partial charge < -0.3 is 10.2 Å². The molecule has 0 aromatic rings. The van der Waals surface area contributed by atoms with Gasteiger partial charge in [0.05, 0.1) is 12.6 Å². The third-order valence-electron chi connectivity index (χ3n) is 4.85. The Balaban J connectivity index is 0.00000220. The van der Waals surface area contributed by atoms with Crippen LogP contribution < -0.4 is 0 Å². The molecule has 5 nitrogen and oxygen atoms in total. The van der Waals surface area contributed by atoms with Crippen LogP contribution in [0, 0.1) is 5.92 Å². The summed E-state index contributed by atoms with van der Waals surface area (Å²) in [4.78, 5) is 14.8. The predicted molar refractivity (Wildman–Crippen MR) is 84.9 cm³/mol. The van der Waals surface area contributed by atoms with Gasteiger partial charge in [-0.2, -0.15) is 0 Å². The Morgan fingerprint density at radius 3 is 2.57 bits per heavy atom. The summed E-state index contributed by atoms with van der Waals surface area (Å²) in [7, 11) is 1.78. The maximum Gasteiger partial charge on any atom is 0.317 e. The normalized spacial score (nSPS) is 27.2. The van der Waals surface area contributed by atoms with E-state index in [1.54, 1.807) is 11.9 Å². The largest absolute Gasteiger partial charge is 0.480 e. The molecule has 1 unspecified atom stereocenters. The van der Waals surface area contributed by atoms with Crippen molar-refractivity contribution in [3.05, 3.63) is 0 Å². The Morgan fingerprint density at radius 2 is 1.95 bits per heavy atom. The fraction of sp³-hybridized carbons (Fsp3) is 0.933. The Bertz CT molecular complexity index is 324. The Morgan fingerprint density at radius 1 is 1.29 bits per heavy atom. The van der Waals surface area contributed by atoms with Crippen molar-refractivity contribution >= 4 is 18.4 Å². The number of aliphatic hydroxyl groups excluding tert-OH is 1. The number of nitrogens with zero attached hydrogens (tertiary/aromatic N) is 2. The molecule has 124 valence electrons. The second-order valence-corrected chi connectivity index (χ2v) is 6.50. The highest BCUT2D eigenvalue weighted by Crippen LogP contribution is 2.28. The van der Waals surface area contributed by atoms with Crippen LogP contribution in [0.25, 0.3) is 0 Å². The SMILES string of the molecule is CN(CC(=O)O)C1CN(CCCC2CCCC2)C[C@H]1O.Cl. The van der Waals surface area contributed by atoms with E-state index < -0.39 is 12.1 Å². The summed E-state index contributed by atoms with van der Waals surface area (Å²) in [5.41, 5.74) is 0. The minimum Gasteiger partial charge on any atom is -0.480 e. The topological polar surface area (TPSA) is 64.0 Å².